The first-order valence-corrected chi connectivity index (χ1v) is 10.1. The highest BCUT2D eigenvalue weighted by Gasteiger charge is 2.15. The molecule has 0 spiro atoms. The van der Waals surface area contributed by atoms with E-state index in [0.717, 1.165) is 6.08 Å². The van der Waals surface area contributed by atoms with Gasteiger partial charge in [-0.2, -0.15) is 5.26 Å². The fourth-order valence-corrected chi connectivity index (χ4v) is 3.21. The largest absolute Gasteiger partial charge is 0.468 e. The first kappa shape index (κ1) is 22.6. The van der Waals surface area contributed by atoms with Crippen LogP contribution < -0.4 is 10.5 Å². The van der Waals surface area contributed by atoms with Crippen LogP contribution in [0.4, 0.5) is 0 Å². The second-order valence-electron chi connectivity index (χ2n) is 6.01. The van der Waals surface area contributed by atoms with E-state index in [1.165, 1.54) is 43.5 Å². The summed E-state index contributed by atoms with van der Waals surface area (Å²) in [6.45, 7) is 0.807. The highest BCUT2D eigenvalue weighted by atomic mass is 32.2. The summed E-state index contributed by atoms with van der Waals surface area (Å²) in [6.07, 6.45) is 3.93. The van der Waals surface area contributed by atoms with E-state index in [2.05, 4.69) is 4.72 Å². The summed E-state index contributed by atoms with van der Waals surface area (Å²) in [5, 5.41) is 8.83. The number of carbonyl (C=O) groups excluding carboxylic acids is 2. The number of rotatable bonds is 9. The molecule has 3 N–H and O–H groups in total. The molecule has 2 rings (SSSR count). The molecular weight excluding hydrogens is 410 g/mol. The number of esters is 1. The molecule has 0 saturated carbocycles. The van der Waals surface area contributed by atoms with Crippen LogP contribution in [0.1, 0.15) is 18.2 Å². The van der Waals surface area contributed by atoms with Gasteiger partial charge in [-0.25, -0.2) is 17.9 Å². The van der Waals surface area contributed by atoms with Gasteiger partial charge in [0.15, 0.2) is 6.61 Å². The number of ether oxygens (including phenoxy) is 1. The minimum absolute atomic E-state index is 0.0218. The summed E-state index contributed by atoms with van der Waals surface area (Å²) >= 11 is 0. The molecule has 9 nitrogen and oxygen atoms in total. The van der Waals surface area contributed by atoms with E-state index in [-0.39, 0.29) is 22.7 Å². The second kappa shape index (κ2) is 10.2. The van der Waals surface area contributed by atoms with Crippen molar-refractivity contribution >= 4 is 27.9 Å². The Labute approximate surface area is 173 Å². The molecule has 1 heterocycles. The monoisotopic (exact) mass is 429 g/mol. The third-order valence-electron chi connectivity index (χ3n) is 3.75. The van der Waals surface area contributed by atoms with Crippen LogP contribution in [0.2, 0.25) is 0 Å². The van der Waals surface area contributed by atoms with Crippen molar-refractivity contribution in [3.05, 3.63) is 71.3 Å². The Bertz CT molecular complexity index is 1100. The molecule has 1 aromatic heterocycles. The Kier molecular flexibility index (Phi) is 7.69. The average Bonchev–Trinajstić information content (AvgIpc) is 3.23. The number of carbonyl (C=O) groups is 2. The molecule has 0 bridgehead atoms. The molecule has 156 valence electrons. The zero-order chi connectivity index (χ0) is 22.1. The summed E-state index contributed by atoms with van der Waals surface area (Å²) in [5.41, 5.74) is 5.73. The average molecular weight is 429 g/mol. The van der Waals surface area contributed by atoms with Crippen LogP contribution >= 0.6 is 0 Å². The SMILES string of the molecule is C/C(N)=C(\C#N)C(=O)COC(=O)/C=C/c1ccc(S(=O)(=O)NCc2ccco2)cc1. The van der Waals surface area contributed by atoms with Gasteiger partial charge in [-0.3, -0.25) is 4.79 Å². The Morgan fingerprint density at radius 3 is 2.53 bits per heavy atom. The molecule has 30 heavy (non-hydrogen) atoms. The smallest absolute Gasteiger partial charge is 0.331 e. The van der Waals surface area contributed by atoms with Gasteiger partial charge >= 0.3 is 5.97 Å². The first-order valence-electron chi connectivity index (χ1n) is 8.59. The summed E-state index contributed by atoms with van der Waals surface area (Å²) in [5.74, 6) is -1.02. The standard InChI is InChI=1S/C20H19N3O6S/c1-14(22)18(11-21)19(24)13-29-20(25)9-6-15-4-7-17(8-5-15)30(26,27)23-12-16-3-2-10-28-16/h2-10,23H,12-13,22H2,1H3/b9-6+,18-14-. The lowest BCUT2D eigenvalue weighted by Crippen LogP contribution is -2.22. The van der Waals surface area contributed by atoms with E-state index < -0.39 is 28.4 Å². The molecule has 10 heteroatoms. The van der Waals surface area contributed by atoms with Crippen LogP contribution in [0.15, 0.2) is 69.3 Å². The number of ketones is 1. The quantitative estimate of drug-likeness (QED) is 0.347. The molecule has 0 saturated heterocycles. The molecular formula is C20H19N3O6S. The minimum Gasteiger partial charge on any atom is -0.468 e. The molecule has 0 unspecified atom stereocenters. The zero-order valence-electron chi connectivity index (χ0n) is 16.0. The number of nitriles is 1. The topological polar surface area (TPSA) is 152 Å². The van der Waals surface area contributed by atoms with Gasteiger partial charge in [-0.15, -0.1) is 0 Å². The fourth-order valence-electron chi connectivity index (χ4n) is 2.21. The number of nitrogens with two attached hydrogens (primary N) is 1. The number of sulfonamides is 1. The molecule has 0 aliphatic carbocycles. The molecule has 0 atom stereocenters. The number of hydrogen-bond donors (Lipinski definition) is 2. The van der Waals surface area contributed by atoms with Gasteiger partial charge in [0.1, 0.15) is 17.4 Å². The van der Waals surface area contributed by atoms with Crippen LogP contribution in [0.3, 0.4) is 0 Å². The molecule has 0 fully saturated rings. The number of Topliss-reactive ketones (excluding diaryl/α,β-unsaturated/α-hetero) is 1. The Hall–Kier alpha value is -3.68. The Morgan fingerprint density at radius 2 is 1.97 bits per heavy atom. The van der Waals surface area contributed by atoms with E-state index in [0.29, 0.717) is 11.3 Å². The van der Waals surface area contributed by atoms with Gasteiger partial charge in [0.05, 0.1) is 17.7 Å². The first-order chi connectivity index (χ1) is 14.2. The number of nitrogens with zero attached hydrogens (tertiary/aromatic N) is 1. The second-order valence-corrected chi connectivity index (χ2v) is 7.77. The maximum atomic E-state index is 12.3. The minimum atomic E-state index is -3.72. The van der Waals surface area contributed by atoms with E-state index in [1.54, 1.807) is 18.2 Å². The van der Waals surface area contributed by atoms with Crippen molar-refractivity contribution in [2.45, 2.75) is 18.4 Å². The highest BCUT2D eigenvalue weighted by molar-refractivity contribution is 7.89. The Morgan fingerprint density at radius 1 is 1.27 bits per heavy atom. The highest BCUT2D eigenvalue weighted by Crippen LogP contribution is 2.13. The van der Waals surface area contributed by atoms with E-state index in [1.807, 2.05) is 0 Å². The molecule has 1 aromatic carbocycles. The van der Waals surface area contributed by atoms with Crippen molar-refractivity contribution in [1.82, 2.24) is 4.72 Å². The normalized spacial score (nSPS) is 12.3. The predicted molar refractivity (Wildman–Crippen MR) is 107 cm³/mol. The van der Waals surface area contributed by atoms with Crippen molar-refractivity contribution in [3.8, 4) is 6.07 Å². The molecule has 0 aliphatic heterocycles. The van der Waals surface area contributed by atoms with Gasteiger partial charge in [-0.05, 0) is 42.8 Å². The molecule has 0 radical (unpaired) electrons. The number of furan rings is 1. The van der Waals surface area contributed by atoms with E-state index in [4.69, 9.17) is 20.1 Å². The van der Waals surface area contributed by atoms with Gasteiger partial charge in [0.25, 0.3) is 0 Å². The third kappa shape index (κ3) is 6.44. The lowest BCUT2D eigenvalue weighted by molar-refractivity contribution is -0.141. The molecule has 0 aliphatic rings. The summed E-state index contributed by atoms with van der Waals surface area (Å²) in [6, 6.07) is 10.7. The lowest BCUT2D eigenvalue weighted by Gasteiger charge is -2.05. The lowest BCUT2D eigenvalue weighted by atomic mass is 10.1. The number of nitrogens with one attached hydrogen (secondary N) is 1. The van der Waals surface area contributed by atoms with Crippen LogP contribution in [-0.2, 0) is 30.9 Å². The maximum Gasteiger partial charge on any atom is 0.331 e. The Balaban J connectivity index is 1.92. The van der Waals surface area contributed by atoms with Gasteiger partial charge in [0.2, 0.25) is 15.8 Å². The zero-order valence-corrected chi connectivity index (χ0v) is 16.8. The number of benzene rings is 1. The van der Waals surface area contributed by atoms with Gasteiger partial charge in [-0.1, -0.05) is 12.1 Å². The predicted octanol–water partition coefficient (Wildman–Crippen LogP) is 1.64. The van der Waals surface area contributed by atoms with Crippen LogP contribution in [-0.4, -0.2) is 26.8 Å². The molecule has 0 amide bonds. The number of allylic oxidation sites excluding steroid dienone is 1. The van der Waals surface area contributed by atoms with Gasteiger partial charge < -0.3 is 14.9 Å². The van der Waals surface area contributed by atoms with Crippen LogP contribution in [0, 0.1) is 11.3 Å². The number of hydrogen-bond acceptors (Lipinski definition) is 8. The van der Waals surface area contributed by atoms with Crippen molar-refractivity contribution in [2.24, 2.45) is 5.73 Å². The van der Waals surface area contributed by atoms with Crippen LogP contribution in [0.25, 0.3) is 6.08 Å². The van der Waals surface area contributed by atoms with E-state index >= 15 is 0 Å². The summed E-state index contributed by atoms with van der Waals surface area (Å²) in [4.78, 5) is 23.5. The maximum absolute atomic E-state index is 12.3. The van der Waals surface area contributed by atoms with Crippen molar-refractivity contribution in [1.29, 1.82) is 5.26 Å². The van der Waals surface area contributed by atoms with E-state index in [9.17, 15) is 18.0 Å². The van der Waals surface area contributed by atoms with Crippen molar-refractivity contribution < 1.29 is 27.2 Å². The summed E-state index contributed by atoms with van der Waals surface area (Å²) < 4.78 is 36.8. The van der Waals surface area contributed by atoms with Gasteiger partial charge in [0, 0.05) is 11.8 Å². The third-order valence-corrected chi connectivity index (χ3v) is 5.17. The molecule has 2 aromatic rings. The summed E-state index contributed by atoms with van der Waals surface area (Å²) in [7, 11) is -3.72. The van der Waals surface area contributed by atoms with Crippen LogP contribution in [0.5, 0.6) is 0 Å². The van der Waals surface area contributed by atoms with Crippen molar-refractivity contribution in [3.63, 3.8) is 0 Å². The fraction of sp³-hybridized carbons (Fsp3) is 0.150. The van der Waals surface area contributed by atoms with Crippen molar-refractivity contribution in [2.75, 3.05) is 6.61 Å².